The Hall–Kier alpha value is -3.65. The first-order chi connectivity index (χ1) is 15.6. The second-order valence-electron chi connectivity index (χ2n) is 7.53. The molecule has 162 valence electrons. The van der Waals surface area contributed by atoms with Crippen LogP contribution in [0.15, 0.2) is 65.7 Å². The van der Waals surface area contributed by atoms with Gasteiger partial charge in [0.25, 0.3) is 5.56 Å². The number of para-hydroxylation sites is 1. The van der Waals surface area contributed by atoms with Crippen LogP contribution in [0.25, 0.3) is 20.7 Å². The van der Waals surface area contributed by atoms with Crippen molar-refractivity contribution in [3.8, 4) is 21.9 Å². The first kappa shape index (κ1) is 20.3. The van der Waals surface area contributed by atoms with E-state index in [0.29, 0.717) is 23.2 Å². The Labute approximate surface area is 188 Å². The van der Waals surface area contributed by atoms with Crippen molar-refractivity contribution in [1.29, 1.82) is 0 Å². The number of benzene rings is 2. The lowest BCUT2D eigenvalue weighted by atomic mass is 10.0. The fourth-order valence-corrected chi connectivity index (χ4v) is 4.91. The number of fused-ring (bicyclic) bond motifs is 2. The number of hydrogen-bond donors (Lipinski definition) is 1. The molecule has 0 spiro atoms. The molecule has 5 rings (SSSR count). The summed E-state index contributed by atoms with van der Waals surface area (Å²) in [5.74, 6) is 1.32. The van der Waals surface area contributed by atoms with E-state index in [9.17, 15) is 9.59 Å². The minimum atomic E-state index is -0.234. The molecule has 2 aromatic heterocycles. The summed E-state index contributed by atoms with van der Waals surface area (Å²) in [6.45, 7) is 0.454. The Morgan fingerprint density at radius 1 is 1.25 bits per heavy atom. The molecule has 32 heavy (non-hydrogen) atoms. The van der Waals surface area contributed by atoms with Gasteiger partial charge in [0, 0.05) is 16.9 Å². The lowest BCUT2D eigenvalue weighted by Gasteiger charge is -2.26. The number of methoxy groups -OCH3 is 1. The van der Waals surface area contributed by atoms with Crippen LogP contribution in [0.3, 0.4) is 0 Å². The largest absolute Gasteiger partial charge is 0.497 e. The molecule has 0 fully saturated rings. The van der Waals surface area contributed by atoms with Gasteiger partial charge in [-0.05, 0) is 42.0 Å². The Kier molecular flexibility index (Phi) is 5.36. The number of amides is 1. The van der Waals surface area contributed by atoms with Gasteiger partial charge in [0.2, 0.25) is 5.91 Å². The first-order valence-corrected chi connectivity index (χ1v) is 11.1. The molecule has 1 N–H and O–H groups in total. The Morgan fingerprint density at radius 3 is 2.88 bits per heavy atom. The highest BCUT2D eigenvalue weighted by Crippen LogP contribution is 2.32. The number of thiophene rings is 1. The summed E-state index contributed by atoms with van der Waals surface area (Å²) >= 11 is 1.37. The quantitative estimate of drug-likeness (QED) is 0.504. The van der Waals surface area contributed by atoms with E-state index >= 15 is 0 Å². The Morgan fingerprint density at radius 2 is 2.06 bits per heavy atom. The van der Waals surface area contributed by atoms with E-state index in [1.807, 2.05) is 54.6 Å². The molecule has 3 heterocycles. The maximum atomic E-state index is 13.0. The van der Waals surface area contributed by atoms with Gasteiger partial charge in [0.05, 0.1) is 31.6 Å². The van der Waals surface area contributed by atoms with Crippen molar-refractivity contribution in [2.45, 2.75) is 19.0 Å². The number of carbonyl (C=O) groups is 1. The van der Waals surface area contributed by atoms with Crippen molar-refractivity contribution in [2.24, 2.45) is 0 Å². The van der Waals surface area contributed by atoms with Gasteiger partial charge >= 0.3 is 0 Å². The van der Waals surface area contributed by atoms with Gasteiger partial charge in [-0.1, -0.05) is 18.2 Å². The van der Waals surface area contributed by atoms with Crippen LogP contribution in [-0.2, 0) is 11.3 Å². The number of rotatable bonds is 5. The average molecular weight is 448 g/mol. The molecule has 7 nitrogen and oxygen atoms in total. The lowest BCUT2D eigenvalue weighted by molar-refractivity contribution is -0.122. The van der Waals surface area contributed by atoms with Gasteiger partial charge in [0.1, 0.15) is 22.7 Å². The molecule has 8 heteroatoms. The van der Waals surface area contributed by atoms with E-state index in [4.69, 9.17) is 9.47 Å². The molecule has 1 atom stereocenters. The molecule has 0 unspecified atom stereocenters. The number of aromatic nitrogens is 2. The minimum absolute atomic E-state index is 0.0862. The topological polar surface area (TPSA) is 82.5 Å². The van der Waals surface area contributed by atoms with Crippen LogP contribution in [-0.4, -0.2) is 29.2 Å². The van der Waals surface area contributed by atoms with Gasteiger partial charge in [-0.3, -0.25) is 14.2 Å². The van der Waals surface area contributed by atoms with E-state index in [1.54, 1.807) is 7.11 Å². The number of ether oxygens (including phenoxy) is 2. The average Bonchev–Trinajstić information content (AvgIpc) is 3.26. The van der Waals surface area contributed by atoms with Crippen molar-refractivity contribution < 1.29 is 14.3 Å². The summed E-state index contributed by atoms with van der Waals surface area (Å²) in [7, 11) is 1.62. The first-order valence-electron chi connectivity index (χ1n) is 10.3. The van der Waals surface area contributed by atoms with Gasteiger partial charge < -0.3 is 14.8 Å². The third-order valence-corrected chi connectivity index (χ3v) is 6.65. The predicted octanol–water partition coefficient (Wildman–Crippen LogP) is 3.77. The summed E-state index contributed by atoms with van der Waals surface area (Å²) in [5.41, 5.74) is 2.34. The van der Waals surface area contributed by atoms with Crippen LogP contribution in [0.5, 0.6) is 11.5 Å². The molecule has 1 aliphatic rings. The van der Waals surface area contributed by atoms with Gasteiger partial charge in [-0.2, -0.15) is 0 Å². The molecule has 4 aromatic rings. The molecule has 0 saturated heterocycles. The summed E-state index contributed by atoms with van der Waals surface area (Å²) in [6.07, 6.45) is 2.12. The number of carbonyl (C=O) groups excluding carboxylic acids is 1. The highest BCUT2D eigenvalue weighted by molar-refractivity contribution is 7.22. The third kappa shape index (κ3) is 3.85. The van der Waals surface area contributed by atoms with Crippen LogP contribution in [0.4, 0.5) is 0 Å². The van der Waals surface area contributed by atoms with E-state index in [1.165, 1.54) is 22.2 Å². The second-order valence-corrected chi connectivity index (χ2v) is 8.58. The van der Waals surface area contributed by atoms with Crippen LogP contribution >= 0.6 is 11.3 Å². The summed E-state index contributed by atoms with van der Waals surface area (Å²) in [5, 5.41) is 3.03. The Bertz CT molecular complexity index is 1340. The van der Waals surface area contributed by atoms with Gasteiger partial charge in [0.15, 0.2) is 0 Å². The Balaban J connectivity index is 1.36. The zero-order valence-corrected chi connectivity index (χ0v) is 18.2. The van der Waals surface area contributed by atoms with E-state index < -0.39 is 0 Å². The summed E-state index contributed by atoms with van der Waals surface area (Å²) in [6, 6.07) is 17.1. The monoisotopic (exact) mass is 447 g/mol. The zero-order valence-electron chi connectivity index (χ0n) is 17.4. The number of hydrogen-bond acceptors (Lipinski definition) is 6. The van der Waals surface area contributed by atoms with Crippen LogP contribution in [0.1, 0.15) is 18.0 Å². The van der Waals surface area contributed by atoms with E-state index in [-0.39, 0.29) is 24.1 Å². The fourth-order valence-electron chi connectivity index (χ4n) is 3.84. The molecular weight excluding hydrogens is 426 g/mol. The number of nitrogens with zero attached hydrogens (tertiary/aromatic N) is 2. The maximum absolute atomic E-state index is 13.0. The fraction of sp³-hybridized carbons (Fsp3) is 0.208. The van der Waals surface area contributed by atoms with Gasteiger partial charge in [-0.25, -0.2) is 4.98 Å². The van der Waals surface area contributed by atoms with Crippen molar-refractivity contribution in [3.05, 3.63) is 76.8 Å². The molecule has 0 bridgehead atoms. The van der Waals surface area contributed by atoms with E-state index in [0.717, 1.165) is 27.5 Å². The van der Waals surface area contributed by atoms with Crippen LogP contribution in [0.2, 0.25) is 0 Å². The number of nitrogens with one attached hydrogen (secondary N) is 1. The standard InChI is InChI=1S/C24H21N3O4S/c1-30-16-8-6-15(7-9-16)21-12-19-23(32-21)24(29)27(14-25-19)13-22(28)26-18-10-11-31-20-5-3-2-4-17(18)20/h2-9,12,14,18H,10-11,13H2,1H3,(H,26,28)/t18-/m1/s1. The maximum Gasteiger partial charge on any atom is 0.271 e. The summed E-state index contributed by atoms with van der Waals surface area (Å²) in [4.78, 5) is 31.1. The van der Waals surface area contributed by atoms with Crippen LogP contribution in [0, 0.1) is 0 Å². The van der Waals surface area contributed by atoms with Crippen molar-refractivity contribution in [1.82, 2.24) is 14.9 Å². The normalized spacial score (nSPS) is 15.1. The van der Waals surface area contributed by atoms with Crippen molar-refractivity contribution in [2.75, 3.05) is 13.7 Å². The smallest absolute Gasteiger partial charge is 0.271 e. The lowest BCUT2D eigenvalue weighted by Crippen LogP contribution is -2.36. The zero-order chi connectivity index (χ0) is 22.1. The minimum Gasteiger partial charge on any atom is -0.497 e. The molecule has 2 aromatic carbocycles. The highest BCUT2D eigenvalue weighted by atomic mass is 32.1. The molecule has 0 aliphatic carbocycles. The van der Waals surface area contributed by atoms with E-state index in [2.05, 4.69) is 10.3 Å². The molecule has 1 amide bonds. The van der Waals surface area contributed by atoms with Gasteiger partial charge in [-0.15, -0.1) is 11.3 Å². The molecule has 0 saturated carbocycles. The molecular formula is C24H21N3O4S. The third-order valence-electron chi connectivity index (χ3n) is 5.49. The predicted molar refractivity (Wildman–Crippen MR) is 123 cm³/mol. The highest BCUT2D eigenvalue weighted by Gasteiger charge is 2.23. The molecule has 1 aliphatic heterocycles. The second kappa shape index (κ2) is 8.47. The van der Waals surface area contributed by atoms with Crippen molar-refractivity contribution in [3.63, 3.8) is 0 Å². The van der Waals surface area contributed by atoms with Crippen molar-refractivity contribution >= 4 is 27.5 Å². The SMILES string of the molecule is COc1ccc(-c2cc3ncn(CC(=O)N[C@@H]4CCOc5ccccc54)c(=O)c3s2)cc1. The van der Waals surface area contributed by atoms with Crippen LogP contribution < -0.4 is 20.3 Å². The summed E-state index contributed by atoms with van der Waals surface area (Å²) < 4.78 is 12.7. The molecule has 0 radical (unpaired) electrons.